The Bertz CT molecular complexity index is 953. The molecular weight excluding hydrogens is 413 g/mol. The van der Waals surface area contributed by atoms with Crippen molar-refractivity contribution in [2.24, 2.45) is 0 Å². The molecular formula is C21H19Cl2N3O3. The van der Waals surface area contributed by atoms with E-state index in [-0.39, 0.29) is 12.5 Å². The predicted octanol–water partition coefficient (Wildman–Crippen LogP) is 4.41. The van der Waals surface area contributed by atoms with E-state index < -0.39 is 6.10 Å². The Morgan fingerprint density at radius 2 is 1.86 bits per heavy atom. The number of amides is 1. The standard InChI is InChI=1S/C21H19Cl2N3O3/c1-14(29-19-9-7-16(22)13-17(19)23)21(27)24-11-12-28-20-10-8-18(25-26-20)15-5-3-2-4-6-15/h2-10,13-14H,11-12H2,1H3,(H,24,27). The maximum atomic E-state index is 12.1. The van der Waals surface area contributed by atoms with Gasteiger partial charge in [-0.25, -0.2) is 0 Å². The average Bonchev–Trinajstić information content (AvgIpc) is 2.74. The Morgan fingerprint density at radius 1 is 1.07 bits per heavy atom. The van der Waals surface area contributed by atoms with Gasteiger partial charge in [-0.15, -0.1) is 10.2 Å². The number of nitrogens with one attached hydrogen (secondary N) is 1. The monoisotopic (exact) mass is 431 g/mol. The molecule has 0 saturated carbocycles. The Hall–Kier alpha value is -2.83. The summed E-state index contributed by atoms with van der Waals surface area (Å²) in [5, 5.41) is 11.8. The average molecular weight is 432 g/mol. The van der Waals surface area contributed by atoms with Gasteiger partial charge in [0.25, 0.3) is 5.91 Å². The number of hydrogen-bond acceptors (Lipinski definition) is 5. The van der Waals surface area contributed by atoms with Gasteiger partial charge in [0.15, 0.2) is 6.10 Å². The van der Waals surface area contributed by atoms with Gasteiger partial charge in [-0.2, -0.15) is 0 Å². The molecule has 1 N–H and O–H groups in total. The molecule has 8 heteroatoms. The van der Waals surface area contributed by atoms with Crippen molar-refractivity contribution in [2.75, 3.05) is 13.2 Å². The Labute approximate surface area is 178 Å². The third-order valence-corrected chi connectivity index (χ3v) is 4.46. The van der Waals surface area contributed by atoms with E-state index in [1.54, 1.807) is 31.2 Å². The Kier molecular flexibility index (Phi) is 7.27. The molecule has 2 aromatic carbocycles. The fourth-order valence-electron chi connectivity index (χ4n) is 2.45. The molecule has 0 aliphatic heterocycles. The number of ether oxygens (including phenoxy) is 2. The normalized spacial score (nSPS) is 11.6. The van der Waals surface area contributed by atoms with Crippen LogP contribution in [0.25, 0.3) is 11.3 Å². The molecule has 0 aliphatic carbocycles. The van der Waals surface area contributed by atoms with Crippen LogP contribution >= 0.6 is 23.2 Å². The summed E-state index contributed by atoms with van der Waals surface area (Å²) in [5.41, 5.74) is 1.74. The maximum Gasteiger partial charge on any atom is 0.260 e. The van der Waals surface area contributed by atoms with E-state index in [2.05, 4.69) is 15.5 Å². The summed E-state index contributed by atoms with van der Waals surface area (Å²) >= 11 is 11.9. The van der Waals surface area contributed by atoms with Crippen molar-refractivity contribution in [1.29, 1.82) is 0 Å². The molecule has 0 saturated heterocycles. The number of benzene rings is 2. The van der Waals surface area contributed by atoms with Crippen LogP contribution < -0.4 is 14.8 Å². The van der Waals surface area contributed by atoms with Gasteiger partial charge in [-0.05, 0) is 31.2 Å². The van der Waals surface area contributed by atoms with Crippen LogP contribution in [0.1, 0.15) is 6.92 Å². The predicted molar refractivity (Wildman–Crippen MR) is 113 cm³/mol. The SMILES string of the molecule is CC(Oc1ccc(Cl)cc1Cl)C(=O)NCCOc1ccc(-c2ccccc2)nn1. The van der Waals surface area contributed by atoms with Crippen LogP contribution in [0.15, 0.2) is 60.7 Å². The zero-order valence-corrected chi connectivity index (χ0v) is 17.2. The molecule has 0 fully saturated rings. The maximum absolute atomic E-state index is 12.1. The van der Waals surface area contributed by atoms with E-state index in [0.29, 0.717) is 28.2 Å². The highest BCUT2D eigenvalue weighted by molar-refractivity contribution is 6.35. The number of halogens is 2. The molecule has 29 heavy (non-hydrogen) atoms. The second-order valence-corrected chi connectivity index (χ2v) is 6.94. The van der Waals surface area contributed by atoms with E-state index in [1.807, 2.05) is 36.4 Å². The zero-order chi connectivity index (χ0) is 20.6. The lowest BCUT2D eigenvalue weighted by molar-refractivity contribution is -0.127. The van der Waals surface area contributed by atoms with Crippen molar-refractivity contribution >= 4 is 29.1 Å². The first-order valence-electron chi connectivity index (χ1n) is 8.94. The van der Waals surface area contributed by atoms with Crippen LogP contribution in [0.5, 0.6) is 11.6 Å². The summed E-state index contributed by atoms with van der Waals surface area (Å²) in [7, 11) is 0. The smallest absolute Gasteiger partial charge is 0.260 e. The van der Waals surface area contributed by atoms with Crippen molar-refractivity contribution in [3.63, 3.8) is 0 Å². The highest BCUT2D eigenvalue weighted by Crippen LogP contribution is 2.28. The molecule has 0 radical (unpaired) electrons. The zero-order valence-electron chi connectivity index (χ0n) is 15.6. The fourth-order valence-corrected chi connectivity index (χ4v) is 2.90. The van der Waals surface area contributed by atoms with Crippen molar-refractivity contribution in [1.82, 2.24) is 15.5 Å². The quantitative estimate of drug-likeness (QED) is 0.534. The van der Waals surface area contributed by atoms with E-state index in [1.165, 1.54) is 0 Å². The molecule has 1 atom stereocenters. The first-order chi connectivity index (χ1) is 14.0. The summed E-state index contributed by atoms with van der Waals surface area (Å²) in [4.78, 5) is 12.1. The number of carbonyl (C=O) groups is 1. The van der Waals surface area contributed by atoms with Gasteiger partial charge >= 0.3 is 0 Å². The minimum absolute atomic E-state index is 0.250. The first kappa shape index (κ1) is 20.9. The molecule has 3 rings (SSSR count). The van der Waals surface area contributed by atoms with Gasteiger partial charge in [0, 0.05) is 16.7 Å². The molecule has 1 amide bonds. The van der Waals surface area contributed by atoms with E-state index in [9.17, 15) is 4.79 Å². The molecule has 1 aromatic heterocycles. The third kappa shape index (κ3) is 6.07. The molecule has 0 bridgehead atoms. The highest BCUT2D eigenvalue weighted by Gasteiger charge is 2.16. The minimum Gasteiger partial charge on any atom is -0.479 e. The van der Waals surface area contributed by atoms with Gasteiger partial charge in [-0.3, -0.25) is 4.79 Å². The van der Waals surface area contributed by atoms with Crippen molar-refractivity contribution in [2.45, 2.75) is 13.0 Å². The van der Waals surface area contributed by atoms with E-state index in [4.69, 9.17) is 32.7 Å². The first-order valence-corrected chi connectivity index (χ1v) is 9.70. The van der Waals surface area contributed by atoms with Crippen LogP contribution in [0.3, 0.4) is 0 Å². The van der Waals surface area contributed by atoms with Crippen LogP contribution in [-0.4, -0.2) is 35.4 Å². The summed E-state index contributed by atoms with van der Waals surface area (Å²) < 4.78 is 11.1. The molecule has 3 aromatic rings. The number of nitrogens with zero attached hydrogens (tertiary/aromatic N) is 2. The van der Waals surface area contributed by atoms with Gasteiger partial charge in [-0.1, -0.05) is 53.5 Å². The molecule has 6 nitrogen and oxygen atoms in total. The lowest BCUT2D eigenvalue weighted by atomic mass is 10.1. The minimum atomic E-state index is -0.723. The lowest BCUT2D eigenvalue weighted by Crippen LogP contribution is -2.38. The second kappa shape index (κ2) is 10.1. The molecule has 150 valence electrons. The molecule has 1 heterocycles. The van der Waals surface area contributed by atoms with Crippen LogP contribution in [0.4, 0.5) is 0 Å². The van der Waals surface area contributed by atoms with Crippen molar-refractivity contribution in [3.8, 4) is 22.9 Å². The summed E-state index contributed by atoms with van der Waals surface area (Å²) in [6.07, 6.45) is -0.723. The van der Waals surface area contributed by atoms with Gasteiger partial charge in [0.05, 0.1) is 17.3 Å². The molecule has 0 aliphatic rings. The number of rotatable bonds is 8. The largest absolute Gasteiger partial charge is 0.479 e. The Morgan fingerprint density at radius 3 is 2.55 bits per heavy atom. The fraction of sp³-hybridized carbons (Fsp3) is 0.190. The number of carbonyl (C=O) groups excluding carboxylic acids is 1. The summed E-state index contributed by atoms with van der Waals surface area (Å²) in [6.45, 7) is 2.18. The lowest BCUT2D eigenvalue weighted by Gasteiger charge is -2.15. The highest BCUT2D eigenvalue weighted by atomic mass is 35.5. The molecule has 0 spiro atoms. The van der Waals surface area contributed by atoms with Crippen molar-refractivity contribution < 1.29 is 14.3 Å². The van der Waals surface area contributed by atoms with Gasteiger partial charge < -0.3 is 14.8 Å². The van der Waals surface area contributed by atoms with E-state index in [0.717, 1.165) is 11.3 Å². The van der Waals surface area contributed by atoms with E-state index >= 15 is 0 Å². The van der Waals surface area contributed by atoms with Gasteiger partial charge in [0.2, 0.25) is 5.88 Å². The second-order valence-electron chi connectivity index (χ2n) is 6.10. The number of aromatic nitrogens is 2. The van der Waals surface area contributed by atoms with Gasteiger partial charge in [0.1, 0.15) is 12.4 Å². The van der Waals surface area contributed by atoms with Crippen molar-refractivity contribution in [3.05, 3.63) is 70.7 Å². The van der Waals surface area contributed by atoms with Crippen LogP contribution in [0.2, 0.25) is 10.0 Å². The number of hydrogen-bond donors (Lipinski definition) is 1. The molecule has 1 unspecified atom stereocenters. The summed E-state index contributed by atoms with van der Waals surface area (Å²) in [6, 6.07) is 18.1. The summed E-state index contributed by atoms with van der Waals surface area (Å²) in [5.74, 6) is 0.491. The van der Waals surface area contributed by atoms with Crippen LogP contribution in [0, 0.1) is 0 Å². The van der Waals surface area contributed by atoms with Crippen LogP contribution in [-0.2, 0) is 4.79 Å². The topological polar surface area (TPSA) is 73.3 Å². The third-order valence-electron chi connectivity index (χ3n) is 3.93. The Balaban J connectivity index is 1.42.